The van der Waals surface area contributed by atoms with Crippen LogP contribution in [0.2, 0.25) is 5.02 Å². The number of nitrogens with zero attached hydrogens (tertiary/aromatic N) is 1. The van der Waals surface area contributed by atoms with E-state index in [4.69, 9.17) is 21.1 Å². The number of hydrogen-bond acceptors (Lipinski definition) is 5. The van der Waals surface area contributed by atoms with E-state index in [1.165, 1.54) is 45.5 Å². The lowest BCUT2D eigenvalue weighted by atomic mass is 10.1. The van der Waals surface area contributed by atoms with E-state index in [1.807, 2.05) is 6.92 Å². The predicted molar refractivity (Wildman–Crippen MR) is 104 cm³/mol. The van der Waals surface area contributed by atoms with E-state index < -0.39 is 15.9 Å². The Bertz CT molecular complexity index is 945. The largest absolute Gasteiger partial charge is 0.493 e. The van der Waals surface area contributed by atoms with E-state index in [2.05, 4.69) is 5.32 Å². The number of amides is 1. The summed E-state index contributed by atoms with van der Waals surface area (Å²) in [4.78, 5) is 12.6. The fourth-order valence-electron chi connectivity index (χ4n) is 2.28. The second-order valence-corrected chi connectivity index (χ2v) is 8.25. The molecule has 27 heavy (non-hydrogen) atoms. The molecule has 0 atom stereocenters. The fourth-order valence-corrected chi connectivity index (χ4v) is 3.50. The minimum absolute atomic E-state index is 0.0765. The SMILES string of the molecule is CCOc1c(Cl)cc(C(=O)Nc2cccc(S(=O)(=O)N(C)C)c2)cc1OC. The van der Waals surface area contributed by atoms with Crippen LogP contribution in [0.15, 0.2) is 41.3 Å². The zero-order chi connectivity index (χ0) is 20.2. The van der Waals surface area contributed by atoms with Crippen molar-refractivity contribution in [1.29, 1.82) is 0 Å². The Balaban J connectivity index is 2.32. The molecule has 1 amide bonds. The molecule has 0 heterocycles. The molecule has 0 radical (unpaired) electrons. The number of carbonyl (C=O) groups is 1. The van der Waals surface area contributed by atoms with Crippen molar-refractivity contribution in [2.45, 2.75) is 11.8 Å². The Morgan fingerprint density at radius 1 is 1.22 bits per heavy atom. The number of nitrogens with one attached hydrogen (secondary N) is 1. The average Bonchev–Trinajstić information content (AvgIpc) is 2.63. The van der Waals surface area contributed by atoms with E-state index in [0.29, 0.717) is 23.8 Å². The molecule has 2 rings (SSSR count). The lowest BCUT2D eigenvalue weighted by Gasteiger charge is -2.14. The minimum Gasteiger partial charge on any atom is -0.493 e. The molecular weight excluding hydrogens is 392 g/mol. The van der Waals surface area contributed by atoms with Crippen LogP contribution in [0.5, 0.6) is 11.5 Å². The van der Waals surface area contributed by atoms with E-state index >= 15 is 0 Å². The highest BCUT2D eigenvalue weighted by molar-refractivity contribution is 7.89. The Kier molecular flexibility index (Phi) is 6.69. The summed E-state index contributed by atoms with van der Waals surface area (Å²) in [6.07, 6.45) is 0. The fraction of sp³-hybridized carbons (Fsp3) is 0.278. The van der Waals surface area contributed by atoms with E-state index in [-0.39, 0.29) is 15.5 Å². The Morgan fingerprint density at radius 2 is 1.93 bits per heavy atom. The lowest BCUT2D eigenvalue weighted by molar-refractivity contribution is 0.102. The summed E-state index contributed by atoms with van der Waals surface area (Å²) in [6.45, 7) is 2.21. The van der Waals surface area contributed by atoms with Gasteiger partial charge in [-0.3, -0.25) is 4.79 Å². The third-order valence-corrected chi connectivity index (χ3v) is 5.74. The Hall–Kier alpha value is -2.29. The van der Waals surface area contributed by atoms with Crippen molar-refractivity contribution in [2.24, 2.45) is 0 Å². The molecule has 9 heteroatoms. The summed E-state index contributed by atoms with van der Waals surface area (Å²) in [7, 11) is 0.724. The molecule has 0 aliphatic heterocycles. The number of rotatable bonds is 7. The molecule has 0 saturated carbocycles. The first-order valence-electron chi connectivity index (χ1n) is 8.05. The number of benzene rings is 2. The predicted octanol–water partition coefficient (Wildman–Crippen LogP) is 3.25. The van der Waals surface area contributed by atoms with Gasteiger partial charge in [0.25, 0.3) is 5.91 Å². The molecular formula is C18H21ClN2O5S. The first-order valence-corrected chi connectivity index (χ1v) is 9.86. The first kappa shape index (κ1) is 21.0. The zero-order valence-electron chi connectivity index (χ0n) is 15.4. The van der Waals surface area contributed by atoms with Crippen molar-refractivity contribution in [3.63, 3.8) is 0 Å². The second kappa shape index (κ2) is 8.60. The minimum atomic E-state index is -3.60. The third kappa shape index (κ3) is 4.71. The number of carbonyl (C=O) groups excluding carboxylic acids is 1. The molecule has 0 aromatic heterocycles. The van der Waals surface area contributed by atoms with Gasteiger partial charge in [-0.15, -0.1) is 0 Å². The van der Waals surface area contributed by atoms with Crippen molar-refractivity contribution in [1.82, 2.24) is 4.31 Å². The summed E-state index contributed by atoms with van der Waals surface area (Å²) in [5.74, 6) is 0.230. The van der Waals surface area contributed by atoms with Gasteiger partial charge in [-0.05, 0) is 37.3 Å². The highest BCUT2D eigenvalue weighted by Gasteiger charge is 2.19. The summed E-state index contributed by atoms with van der Waals surface area (Å²) in [5.41, 5.74) is 0.591. The van der Waals surface area contributed by atoms with Gasteiger partial charge < -0.3 is 14.8 Å². The smallest absolute Gasteiger partial charge is 0.255 e. The van der Waals surface area contributed by atoms with Gasteiger partial charge in [0.2, 0.25) is 10.0 Å². The van der Waals surface area contributed by atoms with Crippen molar-refractivity contribution in [2.75, 3.05) is 33.1 Å². The van der Waals surface area contributed by atoms with Crippen molar-refractivity contribution in [3.05, 3.63) is 47.0 Å². The summed E-state index contributed by atoms with van der Waals surface area (Å²) >= 11 is 6.19. The molecule has 2 aromatic rings. The summed E-state index contributed by atoms with van der Waals surface area (Å²) in [6, 6.07) is 8.97. The molecule has 0 aliphatic rings. The van der Waals surface area contributed by atoms with E-state index in [0.717, 1.165) is 4.31 Å². The third-order valence-electron chi connectivity index (χ3n) is 3.65. The molecule has 0 fully saturated rings. The molecule has 1 N–H and O–H groups in total. The number of hydrogen-bond donors (Lipinski definition) is 1. The van der Waals surface area contributed by atoms with E-state index in [1.54, 1.807) is 12.1 Å². The van der Waals surface area contributed by atoms with E-state index in [9.17, 15) is 13.2 Å². The van der Waals surface area contributed by atoms with Crippen LogP contribution in [-0.2, 0) is 10.0 Å². The van der Waals surface area contributed by atoms with Gasteiger partial charge >= 0.3 is 0 Å². The van der Waals surface area contributed by atoms with Gasteiger partial charge in [0, 0.05) is 25.3 Å². The second-order valence-electron chi connectivity index (χ2n) is 5.69. The quantitative estimate of drug-likeness (QED) is 0.754. The first-order chi connectivity index (χ1) is 12.7. The highest BCUT2D eigenvalue weighted by atomic mass is 35.5. The van der Waals surface area contributed by atoms with Crippen LogP contribution in [0, 0.1) is 0 Å². The van der Waals surface area contributed by atoms with Gasteiger partial charge in [0.15, 0.2) is 11.5 Å². The molecule has 0 spiro atoms. The van der Waals surface area contributed by atoms with Crippen LogP contribution in [-0.4, -0.2) is 46.4 Å². The van der Waals surface area contributed by atoms with Gasteiger partial charge in [-0.1, -0.05) is 17.7 Å². The highest BCUT2D eigenvalue weighted by Crippen LogP contribution is 2.36. The van der Waals surface area contributed by atoms with Crippen LogP contribution in [0.3, 0.4) is 0 Å². The maximum absolute atomic E-state index is 12.6. The zero-order valence-corrected chi connectivity index (χ0v) is 17.0. The number of sulfonamides is 1. The summed E-state index contributed by atoms with van der Waals surface area (Å²) in [5, 5.41) is 2.90. The number of anilines is 1. The van der Waals surface area contributed by atoms with Crippen molar-refractivity contribution >= 4 is 33.2 Å². The molecule has 0 saturated heterocycles. The normalized spacial score (nSPS) is 11.3. The van der Waals surface area contributed by atoms with Gasteiger partial charge in [0.1, 0.15) is 0 Å². The van der Waals surface area contributed by atoms with Crippen LogP contribution in [0.4, 0.5) is 5.69 Å². The molecule has 0 bridgehead atoms. The lowest BCUT2D eigenvalue weighted by Crippen LogP contribution is -2.22. The molecule has 0 aliphatic carbocycles. The van der Waals surface area contributed by atoms with Gasteiger partial charge in [-0.25, -0.2) is 12.7 Å². The topological polar surface area (TPSA) is 84.9 Å². The molecule has 2 aromatic carbocycles. The van der Waals surface area contributed by atoms with Crippen LogP contribution < -0.4 is 14.8 Å². The number of halogens is 1. The van der Waals surface area contributed by atoms with Crippen molar-refractivity contribution in [3.8, 4) is 11.5 Å². The molecule has 146 valence electrons. The molecule has 7 nitrogen and oxygen atoms in total. The van der Waals surface area contributed by atoms with Crippen LogP contribution in [0.1, 0.15) is 17.3 Å². The average molecular weight is 413 g/mol. The van der Waals surface area contributed by atoms with Crippen LogP contribution >= 0.6 is 11.6 Å². The monoisotopic (exact) mass is 412 g/mol. The van der Waals surface area contributed by atoms with Gasteiger partial charge in [0.05, 0.1) is 23.6 Å². The standard InChI is InChI=1S/C18H21ClN2O5S/c1-5-26-17-15(19)9-12(10-16(17)25-4)18(22)20-13-7-6-8-14(11-13)27(23,24)21(2)3/h6-11H,5H2,1-4H3,(H,20,22). The Labute approximate surface area is 163 Å². The Morgan fingerprint density at radius 3 is 2.52 bits per heavy atom. The summed E-state index contributed by atoms with van der Waals surface area (Å²) < 4.78 is 36.2. The van der Waals surface area contributed by atoms with Crippen molar-refractivity contribution < 1.29 is 22.7 Å². The maximum atomic E-state index is 12.6. The van der Waals surface area contributed by atoms with Crippen LogP contribution in [0.25, 0.3) is 0 Å². The molecule has 0 unspecified atom stereocenters. The number of methoxy groups -OCH3 is 1. The van der Waals surface area contributed by atoms with Gasteiger partial charge in [-0.2, -0.15) is 0 Å². The maximum Gasteiger partial charge on any atom is 0.255 e. The number of ether oxygens (including phenoxy) is 2.